The number of ether oxygens (including phenoxy) is 1. The van der Waals surface area contributed by atoms with Crippen LogP contribution in [-0.2, 0) is 6.54 Å². The molecule has 2 N–H and O–H groups in total. The van der Waals surface area contributed by atoms with Crippen LogP contribution < -0.4 is 10.5 Å². The molecule has 2 aromatic carbocycles. The average Bonchev–Trinajstić information content (AvgIpc) is 2.98. The summed E-state index contributed by atoms with van der Waals surface area (Å²) in [5, 5.41) is 0.260. The molecular weight excluding hydrogens is 371 g/mol. The lowest BCUT2D eigenvalue weighted by molar-refractivity contribution is 0.0787. The van der Waals surface area contributed by atoms with E-state index in [1.54, 1.807) is 0 Å². The first-order chi connectivity index (χ1) is 13.4. The molecule has 0 atom stereocenters. The second-order valence-corrected chi connectivity index (χ2v) is 6.45. The van der Waals surface area contributed by atoms with Gasteiger partial charge in [-0.2, -0.15) is 0 Å². The molecule has 1 aromatic heterocycles. The monoisotopic (exact) mass is 387 g/mol. The topological polar surface area (TPSA) is 68.5 Å². The summed E-state index contributed by atoms with van der Waals surface area (Å²) < 4.78 is 48.8. The van der Waals surface area contributed by atoms with Crippen molar-refractivity contribution in [3.63, 3.8) is 0 Å². The van der Waals surface area contributed by atoms with Crippen molar-refractivity contribution in [1.82, 2.24) is 9.88 Å². The number of pyridine rings is 1. The zero-order valence-corrected chi connectivity index (χ0v) is 15.1. The number of anilines is 1. The Kier molecular flexibility index (Phi) is 4.14. The molecule has 0 fully saturated rings. The zero-order chi connectivity index (χ0) is 20.2. The summed E-state index contributed by atoms with van der Waals surface area (Å²) in [6.07, 6.45) is 0. The smallest absolute Gasteiger partial charge is 0.258 e. The van der Waals surface area contributed by atoms with Crippen molar-refractivity contribution < 1.29 is 22.7 Å². The minimum atomic E-state index is -0.990. The Morgan fingerprint density at radius 2 is 1.79 bits per heavy atom. The van der Waals surface area contributed by atoms with Crippen LogP contribution in [-0.4, -0.2) is 29.4 Å². The molecule has 0 bridgehead atoms. The van der Waals surface area contributed by atoms with E-state index >= 15 is 0 Å². The van der Waals surface area contributed by atoms with Crippen molar-refractivity contribution in [2.24, 2.45) is 0 Å². The highest BCUT2D eigenvalue weighted by Gasteiger charge is 2.32. The molecule has 8 heteroatoms. The maximum atomic E-state index is 14.7. The molecule has 0 saturated heterocycles. The fourth-order valence-electron chi connectivity index (χ4n) is 3.54. The van der Waals surface area contributed by atoms with Gasteiger partial charge in [-0.15, -0.1) is 0 Å². The van der Waals surface area contributed by atoms with E-state index in [9.17, 15) is 18.0 Å². The summed E-state index contributed by atoms with van der Waals surface area (Å²) in [4.78, 5) is 18.4. The van der Waals surface area contributed by atoms with Gasteiger partial charge in [-0.3, -0.25) is 4.79 Å². The van der Waals surface area contributed by atoms with Crippen molar-refractivity contribution in [1.29, 1.82) is 0 Å². The first-order valence-corrected chi connectivity index (χ1v) is 8.60. The van der Waals surface area contributed by atoms with Gasteiger partial charge in [-0.05, 0) is 19.1 Å². The normalized spacial score (nSPS) is 13.3. The van der Waals surface area contributed by atoms with E-state index in [-0.39, 0.29) is 45.9 Å². The molecule has 1 amide bonds. The second-order valence-electron chi connectivity index (χ2n) is 6.45. The Hall–Kier alpha value is -3.29. The van der Waals surface area contributed by atoms with E-state index in [1.165, 1.54) is 18.1 Å². The highest BCUT2D eigenvalue weighted by molar-refractivity contribution is 6.11. The Morgan fingerprint density at radius 3 is 2.39 bits per heavy atom. The number of halogens is 3. The lowest BCUT2D eigenvalue weighted by Crippen LogP contribution is -2.23. The summed E-state index contributed by atoms with van der Waals surface area (Å²) >= 11 is 0. The van der Waals surface area contributed by atoms with Crippen molar-refractivity contribution >= 4 is 22.5 Å². The molecule has 0 spiro atoms. The zero-order valence-electron chi connectivity index (χ0n) is 15.1. The Labute approximate surface area is 158 Å². The minimum Gasteiger partial charge on any atom is -0.497 e. The SMILES string of the molecule is CCN1Cc2nc3c(-c4c(F)cc(OC)cc4F)c(F)ccc3c(N)c2C1=O. The number of carbonyl (C=O) groups excluding carboxylic acids is 1. The summed E-state index contributed by atoms with van der Waals surface area (Å²) in [5.74, 6) is -3.13. The molecule has 1 aliphatic rings. The molecule has 3 aromatic rings. The molecule has 0 saturated carbocycles. The standard InChI is InChI=1S/C20H16F3N3O2/c1-3-26-8-14-17(20(26)27)18(24)10-4-5-11(21)16(19(10)25-14)15-12(22)6-9(28-2)7-13(15)23/h4-7H,3,8H2,1-2H3,(H2,24,25). The number of nitrogen functional groups attached to an aromatic ring is 1. The minimum absolute atomic E-state index is 0.00460. The molecule has 0 unspecified atom stereocenters. The number of hydrogen-bond donors (Lipinski definition) is 1. The van der Waals surface area contributed by atoms with E-state index in [0.29, 0.717) is 12.2 Å². The molecule has 5 nitrogen and oxygen atoms in total. The number of aromatic nitrogens is 1. The predicted molar refractivity (Wildman–Crippen MR) is 98.4 cm³/mol. The van der Waals surface area contributed by atoms with Gasteiger partial charge in [0, 0.05) is 29.6 Å². The Bertz CT molecular complexity index is 1120. The number of methoxy groups -OCH3 is 1. The van der Waals surface area contributed by atoms with E-state index < -0.39 is 23.0 Å². The van der Waals surface area contributed by atoms with Gasteiger partial charge in [-0.1, -0.05) is 0 Å². The van der Waals surface area contributed by atoms with E-state index in [0.717, 1.165) is 18.2 Å². The van der Waals surface area contributed by atoms with Gasteiger partial charge >= 0.3 is 0 Å². The van der Waals surface area contributed by atoms with Crippen molar-refractivity contribution in [3.05, 3.63) is 53.0 Å². The maximum Gasteiger partial charge on any atom is 0.258 e. The third-order valence-corrected chi connectivity index (χ3v) is 4.95. The van der Waals surface area contributed by atoms with Gasteiger partial charge in [0.1, 0.15) is 23.2 Å². The highest BCUT2D eigenvalue weighted by Crippen LogP contribution is 2.40. The molecule has 2 heterocycles. The molecule has 0 radical (unpaired) electrons. The maximum absolute atomic E-state index is 14.7. The van der Waals surface area contributed by atoms with E-state index in [2.05, 4.69) is 4.98 Å². The number of nitrogens with two attached hydrogens (primary N) is 1. The fraction of sp³-hybridized carbons (Fsp3) is 0.200. The number of carbonyl (C=O) groups is 1. The number of nitrogens with zero attached hydrogens (tertiary/aromatic N) is 2. The summed E-state index contributed by atoms with van der Waals surface area (Å²) in [6.45, 7) is 2.47. The first-order valence-electron chi connectivity index (χ1n) is 8.60. The van der Waals surface area contributed by atoms with Crippen LogP contribution in [0.2, 0.25) is 0 Å². The molecular formula is C20H16F3N3O2. The lowest BCUT2D eigenvalue weighted by atomic mass is 9.97. The van der Waals surface area contributed by atoms with Crippen LogP contribution in [0.15, 0.2) is 24.3 Å². The predicted octanol–water partition coefficient (Wildman–Crippen LogP) is 3.89. The summed E-state index contributed by atoms with van der Waals surface area (Å²) in [7, 11) is 1.27. The van der Waals surface area contributed by atoms with Crippen LogP contribution in [0.3, 0.4) is 0 Å². The number of amides is 1. The van der Waals surface area contributed by atoms with Gasteiger partial charge in [0.25, 0.3) is 5.91 Å². The lowest BCUT2D eigenvalue weighted by Gasteiger charge is -2.13. The van der Waals surface area contributed by atoms with Gasteiger partial charge in [-0.25, -0.2) is 18.2 Å². The third kappa shape index (κ3) is 2.48. The van der Waals surface area contributed by atoms with Gasteiger partial charge in [0.2, 0.25) is 0 Å². The van der Waals surface area contributed by atoms with Crippen molar-refractivity contribution in [2.45, 2.75) is 13.5 Å². The van der Waals surface area contributed by atoms with Crippen molar-refractivity contribution in [2.75, 3.05) is 19.4 Å². The number of hydrogen-bond acceptors (Lipinski definition) is 4. The quantitative estimate of drug-likeness (QED) is 0.741. The summed E-state index contributed by atoms with van der Waals surface area (Å²) in [5.41, 5.74) is 6.01. The van der Waals surface area contributed by atoms with E-state index in [4.69, 9.17) is 10.5 Å². The van der Waals surface area contributed by atoms with Crippen LogP contribution in [0.1, 0.15) is 23.0 Å². The van der Waals surface area contributed by atoms with E-state index in [1.807, 2.05) is 6.92 Å². The van der Waals surface area contributed by atoms with Crippen LogP contribution in [0.4, 0.5) is 18.9 Å². The fourth-order valence-corrected chi connectivity index (χ4v) is 3.54. The molecule has 28 heavy (non-hydrogen) atoms. The molecule has 1 aliphatic heterocycles. The van der Waals surface area contributed by atoms with Crippen LogP contribution in [0.25, 0.3) is 22.0 Å². The average molecular weight is 387 g/mol. The summed E-state index contributed by atoms with van der Waals surface area (Å²) in [6, 6.07) is 4.35. The van der Waals surface area contributed by atoms with Gasteiger partial charge < -0.3 is 15.4 Å². The first kappa shape index (κ1) is 18.1. The number of rotatable bonds is 3. The Balaban J connectivity index is 2.06. The molecule has 144 valence electrons. The molecule has 4 rings (SSSR count). The number of fused-ring (bicyclic) bond motifs is 2. The number of benzene rings is 2. The van der Waals surface area contributed by atoms with Crippen LogP contribution in [0, 0.1) is 17.5 Å². The second kappa shape index (κ2) is 6.40. The van der Waals surface area contributed by atoms with Crippen molar-refractivity contribution in [3.8, 4) is 16.9 Å². The highest BCUT2D eigenvalue weighted by atomic mass is 19.1. The third-order valence-electron chi connectivity index (χ3n) is 4.95. The van der Waals surface area contributed by atoms with Crippen LogP contribution >= 0.6 is 0 Å². The van der Waals surface area contributed by atoms with Gasteiger partial charge in [0.05, 0.1) is 41.7 Å². The Morgan fingerprint density at radius 1 is 1.11 bits per heavy atom. The van der Waals surface area contributed by atoms with Gasteiger partial charge in [0.15, 0.2) is 0 Å². The molecule has 0 aliphatic carbocycles. The largest absolute Gasteiger partial charge is 0.497 e. The van der Waals surface area contributed by atoms with Crippen LogP contribution in [0.5, 0.6) is 5.75 Å².